The molecule has 0 aliphatic rings. The van der Waals surface area contributed by atoms with E-state index >= 15 is 0 Å². The van der Waals surface area contributed by atoms with E-state index in [1.165, 1.54) is 18.2 Å². The normalized spacial score (nSPS) is 11.4. The Hall–Kier alpha value is -0.560. The van der Waals surface area contributed by atoms with Gasteiger partial charge in [0.2, 0.25) is 0 Å². The van der Waals surface area contributed by atoms with Gasteiger partial charge in [0.05, 0.1) is 10.0 Å². The lowest BCUT2D eigenvalue weighted by Gasteiger charge is -2.14. The summed E-state index contributed by atoms with van der Waals surface area (Å²) < 4.78 is 26.3. The van der Waals surface area contributed by atoms with Gasteiger partial charge < -0.3 is 5.32 Å². The molecule has 0 saturated heterocycles. The average molecular weight is 327 g/mol. The fourth-order valence-electron chi connectivity index (χ4n) is 1.16. The van der Waals surface area contributed by atoms with Gasteiger partial charge in [-0.1, -0.05) is 29.3 Å². The van der Waals surface area contributed by atoms with Crippen molar-refractivity contribution in [3.05, 3.63) is 28.2 Å². The summed E-state index contributed by atoms with van der Waals surface area (Å²) in [6.07, 6.45) is 0. The summed E-state index contributed by atoms with van der Waals surface area (Å²) in [6, 6.07) is 4.39. The van der Waals surface area contributed by atoms with E-state index in [0.717, 1.165) is 0 Å². The summed E-state index contributed by atoms with van der Waals surface area (Å²) in [6.45, 7) is 3.68. The molecule has 1 aromatic carbocycles. The SMILES string of the molecule is CC(C)NC(=S)NS(=O)(=O)c1cccc(Cl)c1Cl. The third-order valence-corrected chi connectivity index (χ3v) is 4.52. The Labute approximate surface area is 122 Å². The van der Waals surface area contributed by atoms with E-state index in [-0.39, 0.29) is 26.1 Å². The quantitative estimate of drug-likeness (QED) is 0.838. The van der Waals surface area contributed by atoms with Crippen molar-refractivity contribution < 1.29 is 8.42 Å². The second-order valence-corrected chi connectivity index (χ2v) is 6.63. The molecule has 4 nitrogen and oxygen atoms in total. The summed E-state index contributed by atoms with van der Waals surface area (Å²) in [5.41, 5.74) is 0. The van der Waals surface area contributed by atoms with Crippen LogP contribution in [0, 0.1) is 0 Å². The third kappa shape index (κ3) is 3.98. The Balaban J connectivity index is 3.01. The van der Waals surface area contributed by atoms with Crippen LogP contribution in [0.1, 0.15) is 13.8 Å². The molecule has 0 unspecified atom stereocenters. The van der Waals surface area contributed by atoms with E-state index in [1.54, 1.807) is 0 Å². The molecule has 2 N–H and O–H groups in total. The Morgan fingerprint density at radius 2 is 1.94 bits per heavy atom. The van der Waals surface area contributed by atoms with Gasteiger partial charge in [-0.15, -0.1) is 0 Å². The summed E-state index contributed by atoms with van der Waals surface area (Å²) in [5.74, 6) is 0. The highest BCUT2D eigenvalue weighted by Crippen LogP contribution is 2.28. The summed E-state index contributed by atoms with van der Waals surface area (Å²) in [5, 5.41) is 2.92. The molecular formula is C10H12Cl2N2O2S2. The van der Waals surface area contributed by atoms with Gasteiger partial charge in [-0.05, 0) is 38.2 Å². The topological polar surface area (TPSA) is 58.2 Å². The summed E-state index contributed by atoms with van der Waals surface area (Å²) >= 11 is 16.5. The molecule has 8 heteroatoms. The van der Waals surface area contributed by atoms with Crippen molar-refractivity contribution in [2.75, 3.05) is 0 Å². The molecule has 0 spiro atoms. The zero-order valence-electron chi connectivity index (χ0n) is 9.70. The van der Waals surface area contributed by atoms with Crippen molar-refractivity contribution in [3.63, 3.8) is 0 Å². The van der Waals surface area contributed by atoms with Crippen LogP contribution in [0.25, 0.3) is 0 Å². The van der Waals surface area contributed by atoms with Crippen molar-refractivity contribution >= 4 is 50.6 Å². The first-order valence-corrected chi connectivity index (χ1v) is 7.66. The number of hydrogen-bond donors (Lipinski definition) is 2. The molecule has 0 radical (unpaired) electrons. The predicted molar refractivity (Wildman–Crippen MR) is 77.7 cm³/mol. The van der Waals surface area contributed by atoms with Gasteiger partial charge in [-0.3, -0.25) is 4.72 Å². The van der Waals surface area contributed by atoms with Crippen LogP contribution in [0.2, 0.25) is 10.0 Å². The number of halogens is 2. The minimum atomic E-state index is -3.83. The molecule has 0 amide bonds. The molecule has 0 aromatic heterocycles. The summed E-state index contributed by atoms with van der Waals surface area (Å²) in [4.78, 5) is -0.107. The van der Waals surface area contributed by atoms with Crippen molar-refractivity contribution in [3.8, 4) is 0 Å². The smallest absolute Gasteiger partial charge is 0.265 e. The van der Waals surface area contributed by atoms with E-state index in [9.17, 15) is 8.42 Å². The van der Waals surface area contributed by atoms with E-state index in [0.29, 0.717) is 0 Å². The largest absolute Gasteiger partial charge is 0.360 e. The van der Waals surface area contributed by atoms with Gasteiger partial charge in [0.15, 0.2) is 5.11 Å². The van der Waals surface area contributed by atoms with Crippen LogP contribution in [0.3, 0.4) is 0 Å². The lowest BCUT2D eigenvalue weighted by molar-refractivity contribution is 0.591. The molecule has 1 rings (SSSR count). The Morgan fingerprint density at radius 1 is 1.33 bits per heavy atom. The third-order valence-electron chi connectivity index (χ3n) is 1.85. The first-order valence-electron chi connectivity index (χ1n) is 5.01. The molecule has 0 atom stereocenters. The Bertz CT molecular complexity index is 559. The fourth-order valence-corrected chi connectivity index (χ4v) is 3.40. The Kier molecular flexibility index (Phi) is 5.21. The molecule has 0 bridgehead atoms. The molecule has 0 saturated carbocycles. The van der Waals surface area contributed by atoms with E-state index < -0.39 is 10.0 Å². The number of hydrogen-bond acceptors (Lipinski definition) is 3. The molecule has 0 fully saturated rings. The van der Waals surface area contributed by atoms with E-state index in [1.807, 2.05) is 13.8 Å². The van der Waals surface area contributed by atoms with Crippen LogP contribution in [0.5, 0.6) is 0 Å². The fraction of sp³-hybridized carbons (Fsp3) is 0.300. The van der Waals surface area contributed by atoms with E-state index in [2.05, 4.69) is 10.0 Å². The first-order chi connectivity index (χ1) is 8.24. The molecule has 0 heterocycles. The molecule has 0 aliphatic carbocycles. The van der Waals surface area contributed by atoms with Crippen molar-refractivity contribution in [2.24, 2.45) is 0 Å². The predicted octanol–water partition coefficient (Wildman–Crippen LogP) is 2.55. The van der Waals surface area contributed by atoms with Crippen LogP contribution >= 0.6 is 35.4 Å². The lowest BCUT2D eigenvalue weighted by Crippen LogP contribution is -2.42. The highest BCUT2D eigenvalue weighted by Gasteiger charge is 2.20. The number of benzene rings is 1. The average Bonchev–Trinajstić information content (AvgIpc) is 2.19. The summed E-state index contributed by atoms with van der Waals surface area (Å²) in [7, 11) is -3.83. The van der Waals surface area contributed by atoms with Crippen LogP contribution in [-0.2, 0) is 10.0 Å². The molecular weight excluding hydrogens is 315 g/mol. The van der Waals surface area contributed by atoms with Crippen molar-refractivity contribution in [1.29, 1.82) is 0 Å². The number of nitrogens with one attached hydrogen (secondary N) is 2. The highest BCUT2D eigenvalue weighted by atomic mass is 35.5. The van der Waals surface area contributed by atoms with Crippen LogP contribution in [0.15, 0.2) is 23.1 Å². The molecule has 100 valence electrons. The van der Waals surface area contributed by atoms with Gasteiger partial charge in [-0.2, -0.15) is 0 Å². The maximum atomic E-state index is 12.0. The maximum Gasteiger partial charge on any atom is 0.265 e. The van der Waals surface area contributed by atoms with Gasteiger partial charge in [0.25, 0.3) is 10.0 Å². The highest BCUT2D eigenvalue weighted by molar-refractivity contribution is 7.92. The number of thiocarbonyl (C=S) groups is 1. The van der Waals surface area contributed by atoms with E-state index in [4.69, 9.17) is 35.4 Å². The Morgan fingerprint density at radius 3 is 2.50 bits per heavy atom. The maximum absolute atomic E-state index is 12.0. The lowest BCUT2D eigenvalue weighted by atomic mass is 10.4. The van der Waals surface area contributed by atoms with Gasteiger partial charge in [0.1, 0.15) is 4.90 Å². The van der Waals surface area contributed by atoms with Gasteiger partial charge in [-0.25, -0.2) is 8.42 Å². The second-order valence-electron chi connectivity index (χ2n) is 3.79. The first kappa shape index (κ1) is 15.5. The number of rotatable bonds is 3. The minimum absolute atomic E-state index is 0.0149. The molecule has 0 aliphatic heterocycles. The van der Waals surface area contributed by atoms with Gasteiger partial charge in [0, 0.05) is 6.04 Å². The standard InChI is InChI=1S/C10H12Cl2N2O2S2/c1-6(2)13-10(17)14-18(15,16)8-5-3-4-7(11)9(8)12/h3-6H,1-2H3,(H2,13,14,17). The number of sulfonamides is 1. The molecule has 1 aromatic rings. The molecule has 18 heavy (non-hydrogen) atoms. The van der Waals surface area contributed by atoms with Crippen LogP contribution in [0.4, 0.5) is 0 Å². The minimum Gasteiger partial charge on any atom is -0.360 e. The van der Waals surface area contributed by atoms with Crippen LogP contribution < -0.4 is 10.0 Å². The van der Waals surface area contributed by atoms with Crippen molar-refractivity contribution in [1.82, 2.24) is 10.0 Å². The van der Waals surface area contributed by atoms with Crippen LogP contribution in [-0.4, -0.2) is 19.6 Å². The second kappa shape index (κ2) is 6.06. The monoisotopic (exact) mass is 326 g/mol. The zero-order valence-corrected chi connectivity index (χ0v) is 12.8. The van der Waals surface area contributed by atoms with Crippen molar-refractivity contribution in [2.45, 2.75) is 24.8 Å². The van der Waals surface area contributed by atoms with Gasteiger partial charge >= 0.3 is 0 Å². The zero-order chi connectivity index (χ0) is 13.9.